The molecule has 1 aliphatic rings. The van der Waals surface area contributed by atoms with Crippen LogP contribution >= 0.6 is 0 Å². The average Bonchev–Trinajstić information content (AvgIpc) is 2.89. The molecule has 40 heavy (non-hydrogen) atoms. The lowest BCUT2D eigenvalue weighted by Gasteiger charge is -2.37. The minimum Gasteiger partial charge on any atom is -0.487 e. The molecular weight excluding hydrogens is 498 g/mol. The van der Waals surface area contributed by atoms with Gasteiger partial charge in [-0.2, -0.15) is 0 Å². The van der Waals surface area contributed by atoms with E-state index in [2.05, 4.69) is 52.8 Å². The third kappa shape index (κ3) is 8.70. The molecular formula is C35H45NO4. The van der Waals surface area contributed by atoms with Crippen LogP contribution in [0.1, 0.15) is 101 Å². The predicted octanol–water partition coefficient (Wildman–Crippen LogP) is 9.60. The number of ether oxygens (including phenoxy) is 1. The van der Waals surface area contributed by atoms with E-state index in [1.807, 2.05) is 6.92 Å². The first-order valence-corrected chi connectivity index (χ1v) is 14.4. The highest BCUT2D eigenvalue weighted by Crippen LogP contribution is 2.40. The molecule has 0 saturated carbocycles. The Hall–Kier alpha value is -3.60. The summed E-state index contributed by atoms with van der Waals surface area (Å²) in [5, 5.41) is 9.87. The van der Waals surface area contributed by atoms with Crippen LogP contribution in [0.2, 0.25) is 0 Å². The van der Waals surface area contributed by atoms with E-state index in [1.165, 1.54) is 16.7 Å². The van der Waals surface area contributed by atoms with Gasteiger partial charge in [-0.15, -0.1) is 0 Å². The maximum atomic E-state index is 13.0. The van der Waals surface area contributed by atoms with E-state index in [9.17, 15) is 14.7 Å². The number of benzene rings is 2. The minimum absolute atomic E-state index is 0.288. The number of rotatable bonds is 11. The van der Waals surface area contributed by atoms with Gasteiger partial charge >= 0.3 is 6.09 Å². The highest BCUT2D eigenvalue weighted by atomic mass is 16.5. The fourth-order valence-corrected chi connectivity index (χ4v) is 5.15. The first-order chi connectivity index (χ1) is 19.0. The van der Waals surface area contributed by atoms with Crippen LogP contribution in [0.3, 0.4) is 0 Å². The fourth-order valence-electron chi connectivity index (χ4n) is 5.15. The van der Waals surface area contributed by atoms with E-state index in [0.717, 1.165) is 73.1 Å². The molecule has 1 heterocycles. The zero-order valence-electron chi connectivity index (χ0n) is 25.0. The number of carbonyl (C=O) groups excluding carboxylic acids is 1. The molecule has 3 rings (SSSR count). The molecule has 2 amide bonds. The van der Waals surface area contributed by atoms with E-state index in [0.29, 0.717) is 11.3 Å². The van der Waals surface area contributed by atoms with E-state index in [4.69, 9.17) is 4.74 Å². The first kappa shape index (κ1) is 30.9. The van der Waals surface area contributed by atoms with Gasteiger partial charge in [0.2, 0.25) is 0 Å². The third-order valence-corrected chi connectivity index (χ3v) is 7.57. The topological polar surface area (TPSA) is 66.8 Å². The summed E-state index contributed by atoms with van der Waals surface area (Å²) in [7, 11) is 0. The van der Waals surface area contributed by atoms with Gasteiger partial charge in [-0.05, 0) is 128 Å². The van der Waals surface area contributed by atoms with Crippen molar-refractivity contribution in [3.8, 4) is 5.75 Å². The van der Waals surface area contributed by atoms with Gasteiger partial charge in [-0.1, -0.05) is 53.1 Å². The second kappa shape index (κ2) is 14.2. The number of imide groups is 1. The lowest BCUT2D eigenvalue weighted by molar-refractivity contribution is 0.0563. The number of hydrogen-bond donors (Lipinski definition) is 1. The van der Waals surface area contributed by atoms with Gasteiger partial charge in [0.25, 0.3) is 5.91 Å². The predicted molar refractivity (Wildman–Crippen MR) is 164 cm³/mol. The summed E-state index contributed by atoms with van der Waals surface area (Å²) in [5.41, 5.74) is 6.42. The molecule has 1 aliphatic heterocycles. The highest BCUT2D eigenvalue weighted by molar-refractivity contribution is 6.18. The Morgan fingerprint density at radius 3 is 2.20 bits per heavy atom. The van der Waals surface area contributed by atoms with Gasteiger partial charge in [-0.25, -0.2) is 9.69 Å². The monoisotopic (exact) mass is 543 g/mol. The summed E-state index contributed by atoms with van der Waals surface area (Å²) in [6, 6.07) is 12.0. The second-order valence-corrected chi connectivity index (χ2v) is 11.6. The zero-order chi connectivity index (χ0) is 29.3. The standard InChI is InChI=1S/C35H45NO4/c1-25(2)13-10-14-26(3)15-11-16-27(4)17-12-21-35(6)22-20-30-24-31(23-28(5)32(30)40-35)36(34(38)39)33(37)29-18-8-7-9-19-29/h7-9,13,15,17-19,23-24H,10-12,14,16,20-22H2,1-6H3,(H,38,39). The summed E-state index contributed by atoms with van der Waals surface area (Å²) >= 11 is 0. The molecule has 5 nitrogen and oxygen atoms in total. The highest BCUT2D eigenvalue weighted by Gasteiger charge is 2.33. The molecule has 5 heteroatoms. The van der Waals surface area contributed by atoms with Gasteiger partial charge in [0, 0.05) is 5.56 Å². The fraction of sp³-hybridized carbons (Fsp3) is 0.429. The molecule has 1 unspecified atom stereocenters. The van der Waals surface area contributed by atoms with Gasteiger partial charge in [0.15, 0.2) is 0 Å². The molecule has 0 radical (unpaired) electrons. The van der Waals surface area contributed by atoms with E-state index in [-0.39, 0.29) is 5.60 Å². The van der Waals surface area contributed by atoms with Crippen molar-refractivity contribution in [1.82, 2.24) is 0 Å². The summed E-state index contributed by atoms with van der Waals surface area (Å²) < 4.78 is 6.54. The molecule has 214 valence electrons. The van der Waals surface area contributed by atoms with Gasteiger partial charge in [0.1, 0.15) is 11.4 Å². The van der Waals surface area contributed by atoms with Crippen LogP contribution < -0.4 is 9.64 Å². The number of carbonyl (C=O) groups is 2. The Balaban J connectivity index is 1.61. The Labute approximate surface area is 240 Å². The molecule has 1 atom stereocenters. The third-order valence-electron chi connectivity index (χ3n) is 7.57. The van der Waals surface area contributed by atoms with Gasteiger partial charge in [0.05, 0.1) is 5.69 Å². The molecule has 0 saturated heterocycles. The molecule has 0 fully saturated rings. The Morgan fingerprint density at radius 1 is 0.950 bits per heavy atom. The van der Waals surface area contributed by atoms with E-state index >= 15 is 0 Å². The lowest BCUT2D eigenvalue weighted by atomic mass is 9.87. The molecule has 0 aliphatic carbocycles. The molecule has 0 aromatic heterocycles. The minimum atomic E-state index is -1.30. The molecule has 2 aromatic carbocycles. The normalized spacial score (nSPS) is 17.1. The van der Waals surface area contributed by atoms with Crippen LogP contribution in [0, 0.1) is 6.92 Å². The zero-order valence-corrected chi connectivity index (χ0v) is 25.0. The van der Waals surface area contributed by atoms with E-state index < -0.39 is 12.0 Å². The van der Waals surface area contributed by atoms with Crippen molar-refractivity contribution < 1.29 is 19.4 Å². The Bertz CT molecular complexity index is 1280. The number of fused-ring (bicyclic) bond motifs is 1. The lowest BCUT2D eigenvalue weighted by Crippen LogP contribution is -2.38. The molecule has 0 spiro atoms. The van der Waals surface area contributed by atoms with Crippen LogP contribution in [0.15, 0.2) is 77.4 Å². The van der Waals surface area contributed by atoms with Crippen LogP contribution in [0.4, 0.5) is 10.5 Å². The maximum Gasteiger partial charge on any atom is 0.419 e. The summed E-state index contributed by atoms with van der Waals surface area (Å²) in [5.74, 6) is 0.245. The van der Waals surface area contributed by atoms with Crippen molar-refractivity contribution in [1.29, 1.82) is 0 Å². The number of hydrogen-bond acceptors (Lipinski definition) is 3. The Morgan fingerprint density at radius 2 is 1.57 bits per heavy atom. The quantitative estimate of drug-likeness (QED) is 0.287. The smallest absolute Gasteiger partial charge is 0.419 e. The Kier molecular flexibility index (Phi) is 10.9. The van der Waals surface area contributed by atoms with Crippen molar-refractivity contribution in [2.75, 3.05) is 4.90 Å². The second-order valence-electron chi connectivity index (χ2n) is 11.6. The average molecular weight is 544 g/mol. The van der Waals surface area contributed by atoms with Crippen molar-refractivity contribution in [3.05, 3.63) is 94.1 Å². The number of amides is 2. The maximum absolute atomic E-state index is 13.0. The number of allylic oxidation sites excluding steroid dienone is 6. The number of aryl methyl sites for hydroxylation is 2. The van der Waals surface area contributed by atoms with Crippen LogP contribution in [-0.2, 0) is 6.42 Å². The summed E-state index contributed by atoms with van der Waals surface area (Å²) in [6.45, 7) is 12.8. The van der Waals surface area contributed by atoms with Gasteiger partial charge in [-0.3, -0.25) is 4.79 Å². The van der Waals surface area contributed by atoms with Crippen LogP contribution in [0.5, 0.6) is 5.75 Å². The summed E-state index contributed by atoms with van der Waals surface area (Å²) in [6.07, 6.45) is 13.6. The van der Waals surface area contributed by atoms with Crippen LogP contribution in [0.25, 0.3) is 0 Å². The molecule has 0 bridgehead atoms. The number of anilines is 1. The van der Waals surface area contributed by atoms with E-state index in [1.54, 1.807) is 42.5 Å². The van der Waals surface area contributed by atoms with Crippen molar-refractivity contribution >= 4 is 17.7 Å². The van der Waals surface area contributed by atoms with Crippen LogP contribution in [-0.4, -0.2) is 22.7 Å². The van der Waals surface area contributed by atoms with Crippen molar-refractivity contribution in [3.63, 3.8) is 0 Å². The van der Waals surface area contributed by atoms with Crippen molar-refractivity contribution in [2.24, 2.45) is 0 Å². The number of carboxylic acid groups (broad SMARTS) is 1. The number of nitrogens with zero attached hydrogens (tertiary/aromatic N) is 1. The first-order valence-electron chi connectivity index (χ1n) is 14.4. The van der Waals surface area contributed by atoms with Crippen molar-refractivity contribution in [2.45, 2.75) is 98.5 Å². The molecule has 1 N–H and O–H groups in total. The largest absolute Gasteiger partial charge is 0.487 e. The SMILES string of the molecule is CC(C)=CCCC(C)=CCCC(C)=CCCC1(C)CCc2cc(N(C(=O)O)C(=O)c3ccccc3)cc(C)c2O1. The molecule has 2 aromatic rings. The van der Waals surface area contributed by atoms with Gasteiger partial charge < -0.3 is 9.84 Å². The summed E-state index contributed by atoms with van der Waals surface area (Å²) in [4.78, 5) is 25.9.